The number of nitrogens with zero attached hydrogens (tertiary/aromatic N) is 1. The molecule has 1 aliphatic rings. The van der Waals surface area contributed by atoms with E-state index in [9.17, 15) is 4.79 Å². The summed E-state index contributed by atoms with van der Waals surface area (Å²) in [6.07, 6.45) is 2.40. The van der Waals surface area contributed by atoms with Gasteiger partial charge in [-0.1, -0.05) is 13.8 Å². The van der Waals surface area contributed by atoms with Crippen LogP contribution in [0.3, 0.4) is 0 Å². The number of piperidine rings is 1. The Labute approximate surface area is 108 Å². The second-order valence-electron chi connectivity index (χ2n) is 5.77. The van der Waals surface area contributed by atoms with Crippen LogP contribution < -0.4 is 0 Å². The maximum atomic E-state index is 12.1. The van der Waals surface area contributed by atoms with Crippen molar-refractivity contribution in [2.75, 3.05) is 19.6 Å². The number of carbonyl (C=O) groups is 1. The number of rotatable bonds is 3. The van der Waals surface area contributed by atoms with Gasteiger partial charge in [-0.3, -0.25) is 9.69 Å². The highest BCUT2D eigenvalue weighted by Gasteiger charge is 2.26. The van der Waals surface area contributed by atoms with Gasteiger partial charge in [-0.15, -0.1) is 11.3 Å². The summed E-state index contributed by atoms with van der Waals surface area (Å²) in [6.45, 7) is 9.39. The van der Waals surface area contributed by atoms with E-state index in [1.807, 2.05) is 19.1 Å². The molecule has 1 aliphatic heterocycles. The fourth-order valence-corrected chi connectivity index (χ4v) is 2.98. The fourth-order valence-electron chi connectivity index (χ4n) is 2.18. The summed E-state index contributed by atoms with van der Waals surface area (Å²) in [5.41, 5.74) is 0.457. The first-order valence-electron chi connectivity index (χ1n) is 6.28. The van der Waals surface area contributed by atoms with Gasteiger partial charge in [0.1, 0.15) is 0 Å². The lowest BCUT2D eigenvalue weighted by atomic mass is 9.82. The van der Waals surface area contributed by atoms with Gasteiger partial charge in [0.15, 0.2) is 5.78 Å². The standard InChI is InChI=1S/C14H21NOS/c1-11-4-5-13(17-11)12(16)10-15-8-6-14(2,3)7-9-15/h4-5H,6-10H2,1-3H3. The first-order valence-corrected chi connectivity index (χ1v) is 7.10. The fraction of sp³-hybridized carbons (Fsp3) is 0.643. The average molecular weight is 251 g/mol. The number of Topliss-reactive ketones (excluding diaryl/α,β-unsaturated/α-hetero) is 1. The van der Waals surface area contributed by atoms with Crippen LogP contribution in [0.25, 0.3) is 0 Å². The van der Waals surface area contributed by atoms with Crippen molar-refractivity contribution >= 4 is 17.1 Å². The number of aryl methyl sites for hydroxylation is 1. The quantitative estimate of drug-likeness (QED) is 0.768. The van der Waals surface area contributed by atoms with Crippen molar-refractivity contribution < 1.29 is 4.79 Å². The first kappa shape index (κ1) is 12.8. The lowest BCUT2D eigenvalue weighted by molar-refractivity contribution is 0.0849. The van der Waals surface area contributed by atoms with E-state index in [4.69, 9.17) is 0 Å². The van der Waals surface area contributed by atoms with Crippen molar-refractivity contribution in [1.82, 2.24) is 4.90 Å². The third-order valence-corrected chi connectivity index (χ3v) is 4.63. The van der Waals surface area contributed by atoms with Crippen LogP contribution in [0.1, 0.15) is 41.2 Å². The molecule has 0 atom stereocenters. The van der Waals surface area contributed by atoms with Gasteiger partial charge >= 0.3 is 0 Å². The Kier molecular flexibility index (Phi) is 3.69. The second kappa shape index (κ2) is 4.91. The van der Waals surface area contributed by atoms with Crippen LogP contribution in [0.4, 0.5) is 0 Å². The van der Waals surface area contributed by atoms with E-state index in [1.54, 1.807) is 11.3 Å². The van der Waals surface area contributed by atoms with E-state index >= 15 is 0 Å². The molecule has 1 fully saturated rings. The second-order valence-corrected chi connectivity index (χ2v) is 7.06. The number of ketones is 1. The van der Waals surface area contributed by atoms with E-state index in [0.29, 0.717) is 12.0 Å². The molecule has 3 heteroatoms. The summed E-state index contributed by atoms with van der Waals surface area (Å²) in [7, 11) is 0. The van der Waals surface area contributed by atoms with E-state index in [-0.39, 0.29) is 5.78 Å². The molecule has 0 saturated carbocycles. The molecular weight excluding hydrogens is 230 g/mol. The number of likely N-dealkylation sites (tertiary alicyclic amines) is 1. The van der Waals surface area contributed by atoms with Gasteiger partial charge in [-0.2, -0.15) is 0 Å². The largest absolute Gasteiger partial charge is 0.296 e. The molecule has 0 unspecified atom stereocenters. The Hall–Kier alpha value is -0.670. The molecule has 1 aromatic rings. The van der Waals surface area contributed by atoms with Crippen LogP contribution in [0, 0.1) is 12.3 Å². The Morgan fingerprint density at radius 3 is 2.53 bits per heavy atom. The van der Waals surface area contributed by atoms with Crippen LogP contribution in [0.5, 0.6) is 0 Å². The van der Waals surface area contributed by atoms with E-state index in [1.165, 1.54) is 17.7 Å². The Bertz CT molecular complexity index is 398. The average Bonchev–Trinajstić information content (AvgIpc) is 2.68. The SMILES string of the molecule is Cc1ccc(C(=O)CN2CCC(C)(C)CC2)s1. The molecule has 1 aromatic heterocycles. The molecule has 0 bridgehead atoms. The van der Waals surface area contributed by atoms with Gasteiger partial charge in [0.05, 0.1) is 11.4 Å². The van der Waals surface area contributed by atoms with Crippen molar-refractivity contribution in [1.29, 1.82) is 0 Å². The molecule has 2 rings (SSSR count). The number of thiophene rings is 1. The van der Waals surface area contributed by atoms with Crippen molar-refractivity contribution in [3.05, 3.63) is 21.9 Å². The van der Waals surface area contributed by atoms with Gasteiger partial charge in [-0.25, -0.2) is 0 Å². The normalized spacial score (nSPS) is 20.4. The van der Waals surface area contributed by atoms with Crippen molar-refractivity contribution in [2.24, 2.45) is 5.41 Å². The molecule has 0 N–H and O–H groups in total. The molecule has 17 heavy (non-hydrogen) atoms. The van der Waals surface area contributed by atoms with Crippen LogP contribution in [-0.2, 0) is 0 Å². The van der Waals surface area contributed by atoms with Crippen LogP contribution >= 0.6 is 11.3 Å². The minimum Gasteiger partial charge on any atom is -0.296 e. The van der Waals surface area contributed by atoms with Crippen molar-refractivity contribution in [3.63, 3.8) is 0 Å². The summed E-state index contributed by atoms with van der Waals surface area (Å²) in [5, 5.41) is 0. The zero-order valence-electron chi connectivity index (χ0n) is 11.0. The summed E-state index contributed by atoms with van der Waals surface area (Å²) < 4.78 is 0. The van der Waals surface area contributed by atoms with Gasteiger partial charge in [0.25, 0.3) is 0 Å². The van der Waals surface area contributed by atoms with Crippen LogP contribution in [0.2, 0.25) is 0 Å². The number of hydrogen-bond acceptors (Lipinski definition) is 3. The predicted octanol–water partition coefficient (Wildman–Crippen LogP) is 3.36. The highest BCUT2D eigenvalue weighted by atomic mass is 32.1. The zero-order valence-corrected chi connectivity index (χ0v) is 11.8. The number of hydrogen-bond donors (Lipinski definition) is 0. The highest BCUT2D eigenvalue weighted by Crippen LogP contribution is 2.29. The summed E-state index contributed by atoms with van der Waals surface area (Å²) in [4.78, 5) is 16.5. The molecule has 0 radical (unpaired) electrons. The first-order chi connectivity index (χ1) is 7.96. The zero-order chi connectivity index (χ0) is 12.5. The van der Waals surface area contributed by atoms with Gasteiger partial charge in [0.2, 0.25) is 0 Å². The highest BCUT2D eigenvalue weighted by molar-refractivity contribution is 7.14. The Balaban J connectivity index is 1.88. The van der Waals surface area contributed by atoms with E-state index < -0.39 is 0 Å². The molecule has 2 nitrogen and oxygen atoms in total. The molecule has 0 aromatic carbocycles. The van der Waals surface area contributed by atoms with Gasteiger partial charge in [0, 0.05) is 4.88 Å². The van der Waals surface area contributed by atoms with Crippen LogP contribution in [0.15, 0.2) is 12.1 Å². The maximum absolute atomic E-state index is 12.1. The lowest BCUT2D eigenvalue weighted by Crippen LogP contribution is -2.40. The topological polar surface area (TPSA) is 20.3 Å². The Morgan fingerprint density at radius 1 is 1.35 bits per heavy atom. The molecule has 1 saturated heterocycles. The summed E-state index contributed by atoms with van der Waals surface area (Å²) in [6, 6.07) is 3.98. The van der Waals surface area contributed by atoms with Gasteiger partial charge in [-0.05, 0) is 50.4 Å². The molecule has 2 heterocycles. The predicted molar refractivity (Wildman–Crippen MR) is 72.8 cm³/mol. The maximum Gasteiger partial charge on any atom is 0.186 e. The van der Waals surface area contributed by atoms with E-state index in [0.717, 1.165) is 18.0 Å². The van der Waals surface area contributed by atoms with Crippen molar-refractivity contribution in [3.8, 4) is 0 Å². The lowest BCUT2D eigenvalue weighted by Gasteiger charge is -2.36. The van der Waals surface area contributed by atoms with Gasteiger partial charge < -0.3 is 0 Å². The molecule has 0 aliphatic carbocycles. The third kappa shape index (κ3) is 3.39. The molecule has 94 valence electrons. The molecule has 0 amide bonds. The summed E-state index contributed by atoms with van der Waals surface area (Å²) in [5.74, 6) is 0.280. The Morgan fingerprint density at radius 2 is 2.00 bits per heavy atom. The van der Waals surface area contributed by atoms with E-state index in [2.05, 4.69) is 18.7 Å². The third-order valence-electron chi connectivity index (χ3n) is 3.59. The monoisotopic (exact) mass is 251 g/mol. The number of carbonyl (C=O) groups excluding carboxylic acids is 1. The van der Waals surface area contributed by atoms with Crippen LogP contribution in [-0.4, -0.2) is 30.3 Å². The van der Waals surface area contributed by atoms with Crippen molar-refractivity contribution in [2.45, 2.75) is 33.6 Å². The smallest absolute Gasteiger partial charge is 0.186 e. The summed E-state index contributed by atoms with van der Waals surface area (Å²) >= 11 is 1.61. The molecule has 0 spiro atoms. The minimum atomic E-state index is 0.280. The minimum absolute atomic E-state index is 0.280. The molecular formula is C14H21NOS.